The van der Waals surface area contributed by atoms with Gasteiger partial charge in [-0.3, -0.25) is 19.7 Å². The molecule has 0 aromatic heterocycles. The van der Waals surface area contributed by atoms with E-state index in [1.165, 1.54) is 26.0 Å². The number of non-ortho nitro benzene ring substituents is 1. The summed E-state index contributed by atoms with van der Waals surface area (Å²) in [6, 6.07) is 12.7. The second kappa shape index (κ2) is 8.57. The van der Waals surface area contributed by atoms with Crippen molar-refractivity contribution in [3.63, 3.8) is 0 Å². The number of hydrogen-bond acceptors (Lipinski definition) is 6. The summed E-state index contributed by atoms with van der Waals surface area (Å²) >= 11 is 0. The van der Waals surface area contributed by atoms with E-state index in [0.29, 0.717) is 11.1 Å². The van der Waals surface area contributed by atoms with Crippen LogP contribution in [0.2, 0.25) is 0 Å². The molecule has 0 aliphatic rings. The predicted molar refractivity (Wildman–Crippen MR) is 94.4 cm³/mol. The van der Waals surface area contributed by atoms with Crippen LogP contribution in [0.25, 0.3) is 6.08 Å². The standard InChI is InChI=1S/C19H17NO6/c1-13(21)25-18-9-4-3-8-17(18)19(26-14(2)22)11-10-15-6-5-7-16(12-15)20(23)24/h3-12,19H,1-2H3. The number of nitro groups is 1. The fourth-order valence-electron chi connectivity index (χ4n) is 2.29. The van der Waals surface area contributed by atoms with Crippen molar-refractivity contribution in [1.29, 1.82) is 0 Å². The van der Waals surface area contributed by atoms with Crippen LogP contribution in [-0.4, -0.2) is 16.9 Å². The van der Waals surface area contributed by atoms with Gasteiger partial charge in [-0.15, -0.1) is 0 Å². The summed E-state index contributed by atoms with van der Waals surface area (Å²) < 4.78 is 10.5. The molecule has 0 radical (unpaired) electrons. The summed E-state index contributed by atoms with van der Waals surface area (Å²) in [4.78, 5) is 33.1. The van der Waals surface area contributed by atoms with Crippen LogP contribution < -0.4 is 4.74 Å². The number of nitrogens with zero attached hydrogens (tertiary/aromatic N) is 1. The predicted octanol–water partition coefficient (Wildman–Crippen LogP) is 3.84. The van der Waals surface area contributed by atoms with Crippen LogP contribution in [0.15, 0.2) is 54.6 Å². The molecule has 0 fully saturated rings. The van der Waals surface area contributed by atoms with Crippen molar-refractivity contribution >= 4 is 23.7 Å². The Hall–Kier alpha value is -3.48. The normalized spacial score (nSPS) is 11.8. The summed E-state index contributed by atoms with van der Waals surface area (Å²) in [7, 11) is 0. The van der Waals surface area contributed by atoms with Gasteiger partial charge in [0.25, 0.3) is 5.69 Å². The van der Waals surface area contributed by atoms with E-state index < -0.39 is 23.0 Å². The molecule has 0 bridgehead atoms. The van der Waals surface area contributed by atoms with Crippen molar-refractivity contribution in [3.8, 4) is 5.75 Å². The maximum absolute atomic E-state index is 11.5. The maximum Gasteiger partial charge on any atom is 0.308 e. The summed E-state index contributed by atoms with van der Waals surface area (Å²) in [6.07, 6.45) is 2.36. The minimum Gasteiger partial charge on any atom is -0.453 e. The molecule has 0 amide bonds. The number of carbonyl (C=O) groups is 2. The van der Waals surface area contributed by atoms with Crippen molar-refractivity contribution in [3.05, 3.63) is 75.8 Å². The van der Waals surface area contributed by atoms with Gasteiger partial charge in [0.15, 0.2) is 0 Å². The molecule has 1 unspecified atom stereocenters. The molecule has 26 heavy (non-hydrogen) atoms. The van der Waals surface area contributed by atoms with Gasteiger partial charge in [-0.2, -0.15) is 0 Å². The van der Waals surface area contributed by atoms with E-state index >= 15 is 0 Å². The summed E-state index contributed by atoms with van der Waals surface area (Å²) in [5.41, 5.74) is 1.01. The number of rotatable bonds is 6. The molecule has 7 nitrogen and oxygen atoms in total. The van der Waals surface area contributed by atoms with E-state index in [0.717, 1.165) is 0 Å². The van der Waals surface area contributed by atoms with E-state index in [9.17, 15) is 19.7 Å². The highest BCUT2D eigenvalue weighted by atomic mass is 16.6. The smallest absolute Gasteiger partial charge is 0.308 e. The summed E-state index contributed by atoms with van der Waals surface area (Å²) in [6.45, 7) is 2.54. The Balaban J connectivity index is 2.37. The molecule has 0 aliphatic heterocycles. The van der Waals surface area contributed by atoms with Gasteiger partial charge in [0.1, 0.15) is 11.9 Å². The Labute approximate surface area is 150 Å². The highest BCUT2D eigenvalue weighted by Crippen LogP contribution is 2.30. The SMILES string of the molecule is CC(=O)Oc1ccccc1C(C=Cc1cccc([N+](=O)[O-])c1)OC(C)=O. The number of ether oxygens (including phenoxy) is 2. The van der Waals surface area contributed by atoms with Crippen LogP contribution in [0.5, 0.6) is 5.75 Å². The molecule has 0 saturated carbocycles. The van der Waals surface area contributed by atoms with Gasteiger partial charge in [-0.25, -0.2) is 0 Å². The lowest BCUT2D eigenvalue weighted by atomic mass is 10.1. The fraction of sp³-hybridized carbons (Fsp3) is 0.158. The molecule has 2 aromatic carbocycles. The largest absolute Gasteiger partial charge is 0.453 e. The maximum atomic E-state index is 11.5. The molecular formula is C19H17NO6. The minimum absolute atomic E-state index is 0.0449. The average molecular weight is 355 g/mol. The molecule has 0 spiro atoms. The Morgan fingerprint density at radius 2 is 1.81 bits per heavy atom. The van der Waals surface area contributed by atoms with E-state index in [2.05, 4.69) is 0 Å². The molecule has 134 valence electrons. The monoisotopic (exact) mass is 355 g/mol. The topological polar surface area (TPSA) is 95.7 Å². The quantitative estimate of drug-likeness (QED) is 0.338. The number of carbonyl (C=O) groups excluding carboxylic acids is 2. The number of para-hydroxylation sites is 1. The first kappa shape index (κ1) is 18.9. The van der Waals surface area contributed by atoms with Crippen LogP contribution in [0.4, 0.5) is 5.69 Å². The van der Waals surface area contributed by atoms with Crippen LogP contribution in [0.1, 0.15) is 31.1 Å². The zero-order chi connectivity index (χ0) is 19.1. The molecule has 2 rings (SSSR count). The highest BCUT2D eigenvalue weighted by Gasteiger charge is 2.17. The van der Waals surface area contributed by atoms with Crippen molar-refractivity contribution in [2.45, 2.75) is 20.0 Å². The second-order valence-corrected chi connectivity index (χ2v) is 5.37. The Kier molecular flexibility index (Phi) is 6.21. The highest BCUT2D eigenvalue weighted by molar-refractivity contribution is 5.70. The lowest BCUT2D eigenvalue weighted by Crippen LogP contribution is -2.10. The van der Waals surface area contributed by atoms with E-state index in [1.807, 2.05) is 0 Å². The van der Waals surface area contributed by atoms with Crippen LogP contribution in [0.3, 0.4) is 0 Å². The van der Waals surface area contributed by atoms with E-state index in [4.69, 9.17) is 9.47 Å². The Morgan fingerprint density at radius 3 is 2.46 bits per heavy atom. The summed E-state index contributed by atoms with van der Waals surface area (Å²) in [5.74, 6) is -0.743. The molecule has 0 N–H and O–H groups in total. The minimum atomic E-state index is -0.817. The van der Waals surface area contributed by atoms with Gasteiger partial charge >= 0.3 is 11.9 Å². The molecule has 0 saturated heterocycles. The van der Waals surface area contributed by atoms with Gasteiger partial charge < -0.3 is 9.47 Å². The fourth-order valence-corrected chi connectivity index (χ4v) is 2.29. The number of hydrogen-bond donors (Lipinski definition) is 0. The molecule has 1 atom stereocenters. The number of benzene rings is 2. The van der Waals surface area contributed by atoms with Crippen molar-refractivity contribution < 1.29 is 24.0 Å². The molecule has 2 aromatic rings. The number of nitro benzene ring substituents is 1. The first-order valence-electron chi connectivity index (χ1n) is 7.74. The lowest BCUT2D eigenvalue weighted by molar-refractivity contribution is -0.384. The Bertz CT molecular complexity index is 859. The summed E-state index contributed by atoms with van der Waals surface area (Å²) in [5, 5.41) is 10.9. The van der Waals surface area contributed by atoms with Crippen LogP contribution >= 0.6 is 0 Å². The van der Waals surface area contributed by atoms with Gasteiger partial charge in [0.2, 0.25) is 0 Å². The Morgan fingerprint density at radius 1 is 1.08 bits per heavy atom. The van der Waals surface area contributed by atoms with E-state index in [1.54, 1.807) is 48.6 Å². The van der Waals surface area contributed by atoms with Gasteiger partial charge in [-0.05, 0) is 17.7 Å². The zero-order valence-electron chi connectivity index (χ0n) is 14.2. The van der Waals surface area contributed by atoms with Crippen molar-refractivity contribution in [2.24, 2.45) is 0 Å². The molecular weight excluding hydrogens is 338 g/mol. The molecule has 7 heteroatoms. The van der Waals surface area contributed by atoms with Crippen molar-refractivity contribution in [1.82, 2.24) is 0 Å². The molecule has 0 aliphatic carbocycles. The first-order chi connectivity index (χ1) is 12.4. The van der Waals surface area contributed by atoms with Gasteiger partial charge in [0.05, 0.1) is 4.92 Å². The third-order valence-electron chi connectivity index (χ3n) is 3.32. The van der Waals surface area contributed by atoms with Gasteiger partial charge in [0, 0.05) is 31.5 Å². The lowest BCUT2D eigenvalue weighted by Gasteiger charge is -2.16. The third-order valence-corrected chi connectivity index (χ3v) is 3.32. The van der Waals surface area contributed by atoms with Crippen LogP contribution in [0, 0.1) is 10.1 Å². The third kappa shape index (κ3) is 5.27. The zero-order valence-corrected chi connectivity index (χ0v) is 14.2. The van der Waals surface area contributed by atoms with E-state index in [-0.39, 0.29) is 11.4 Å². The first-order valence-corrected chi connectivity index (χ1v) is 7.74. The molecule has 0 heterocycles. The van der Waals surface area contributed by atoms with Crippen LogP contribution in [-0.2, 0) is 14.3 Å². The van der Waals surface area contributed by atoms with Crippen molar-refractivity contribution in [2.75, 3.05) is 0 Å². The van der Waals surface area contributed by atoms with Gasteiger partial charge in [-0.1, -0.05) is 36.4 Å². The number of esters is 2. The average Bonchev–Trinajstić information content (AvgIpc) is 2.58. The second-order valence-electron chi connectivity index (χ2n) is 5.37.